The Labute approximate surface area is 200 Å². The maximum Gasteiger partial charge on any atom is 0.350 e. The van der Waals surface area contributed by atoms with Crippen LogP contribution in [0, 0.1) is 6.92 Å². The van der Waals surface area contributed by atoms with Crippen LogP contribution in [0.25, 0.3) is 11.0 Å². The van der Waals surface area contributed by atoms with E-state index in [4.69, 9.17) is 30.9 Å². The zero-order valence-corrected chi connectivity index (χ0v) is 20.1. The molecule has 0 saturated carbocycles. The largest absolute Gasteiger partial charge is 0.387 e. The molecule has 1 saturated heterocycles. The Bertz CT molecular complexity index is 1200. The number of aryl methyl sites for hydroxylation is 1. The van der Waals surface area contributed by atoms with Gasteiger partial charge in [-0.3, -0.25) is 4.57 Å². The Kier molecular flexibility index (Phi) is 7.28. The molecule has 0 amide bonds. The van der Waals surface area contributed by atoms with Crippen LogP contribution in [-0.2, 0) is 14.0 Å². The fraction of sp³-hybridized carbons (Fsp3) is 0.429. The second-order valence-corrected chi connectivity index (χ2v) is 10.2. The van der Waals surface area contributed by atoms with Crippen molar-refractivity contribution in [1.82, 2.24) is 14.5 Å². The number of anilines is 1. The summed E-state index contributed by atoms with van der Waals surface area (Å²) >= 11 is 6.19. The predicted molar refractivity (Wildman–Crippen MR) is 125 cm³/mol. The molecule has 2 aromatic heterocycles. The number of aromatic nitrogens is 3. The summed E-state index contributed by atoms with van der Waals surface area (Å²) in [6.07, 6.45) is -3.88. The Hall–Kier alpha value is -2.08. The van der Waals surface area contributed by atoms with Crippen molar-refractivity contribution in [2.45, 2.75) is 44.4 Å². The fourth-order valence-electron chi connectivity index (χ4n) is 3.85. The highest BCUT2D eigenvalue weighted by Gasteiger charge is 2.44. The van der Waals surface area contributed by atoms with Gasteiger partial charge in [0.2, 0.25) is 5.28 Å². The highest BCUT2D eigenvalue weighted by molar-refractivity contribution is 7.51. The Morgan fingerprint density at radius 3 is 2.59 bits per heavy atom. The fourth-order valence-corrected chi connectivity index (χ4v) is 4.36. The molecule has 1 fully saturated rings. The van der Waals surface area contributed by atoms with E-state index < -0.39 is 38.5 Å². The first-order valence-electron chi connectivity index (χ1n) is 10.5. The average Bonchev–Trinajstić information content (AvgIpc) is 3.29. The van der Waals surface area contributed by atoms with Crippen LogP contribution in [0.5, 0.6) is 0 Å². The maximum atomic E-state index is 11.0. The summed E-state index contributed by atoms with van der Waals surface area (Å²) in [7, 11) is -4.37. The normalized spacial score (nSPS) is 24.0. The monoisotopic (exact) mass is 512 g/mol. The number of nitrogens with one attached hydrogen (secondary N) is 1. The number of benzene rings is 1. The molecule has 5 atom stereocenters. The van der Waals surface area contributed by atoms with Crippen LogP contribution in [0.15, 0.2) is 36.5 Å². The molecule has 0 spiro atoms. The Morgan fingerprint density at radius 1 is 1.21 bits per heavy atom. The number of halogens is 1. The van der Waals surface area contributed by atoms with Crippen molar-refractivity contribution in [2.75, 3.05) is 18.3 Å². The van der Waals surface area contributed by atoms with Gasteiger partial charge in [0.1, 0.15) is 36.1 Å². The molecule has 0 bridgehead atoms. The van der Waals surface area contributed by atoms with Crippen LogP contribution < -0.4 is 5.32 Å². The van der Waals surface area contributed by atoms with Gasteiger partial charge in [-0.2, -0.15) is 4.98 Å². The summed E-state index contributed by atoms with van der Waals surface area (Å²) in [5.41, 5.74) is 2.60. The van der Waals surface area contributed by atoms with Crippen LogP contribution in [0.2, 0.25) is 5.28 Å². The molecule has 1 unspecified atom stereocenters. The topological polar surface area (TPSA) is 159 Å². The summed E-state index contributed by atoms with van der Waals surface area (Å²) in [5, 5.41) is 24.9. The summed E-state index contributed by atoms with van der Waals surface area (Å²) in [6.45, 7) is 3.70. The summed E-state index contributed by atoms with van der Waals surface area (Å²) < 4.78 is 23.2. The summed E-state index contributed by atoms with van der Waals surface area (Å²) in [6, 6.07) is 9.76. The number of aliphatic hydroxyl groups is 2. The van der Waals surface area contributed by atoms with E-state index in [1.165, 1.54) is 4.57 Å². The number of ether oxygens (including phenoxy) is 2. The Morgan fingerprint density at radius 2 is 1.91 bits per heavy atom. The molecule has 0 radical (unpaired) electrons. The smallest absolute Gasteiger partial charge is 0.350 e. The number of rotatable bonds is 8. The van der Waals surface area contributed by atoms with Gasteiger partial charge in [-0.05, 0) is 37.1 Å². The van der Waals surface area contributed by atoms with Crippen LogP contribution in [0.4, 0.5) is 5.82 Å². The molecule has 1 aliphatic rings. The van der Waals surface area contributed by atoms with Crippen molar-refractivity contribution in [3.8, 4) is 0 Å². The predicted octanol–water partition coefficient (Wildman–Crippen LogP) is 2.34. The highest BCUT2D eigenvalue weighted by Crippen LogP contribution is 2.37. The van der Waals surface area contributed by atoms with E-state index in [-0.39, 0.29) is 17.9 Å². The molecule has 184 valence electrons. The van der Waals surface area contributed by atoms with Gasteiger partial charge in [-0.25, -0.2) is 4.98 Å². The first-order valence-corrected chi connectivity index (χ1v) is 12.7. The minimum atomic E-state index is -4.37. The van der Waals surface area contributed by atoms with Gasteiger partial charge in [0.15, 0.2) is 6.23 Å². The number of fused-ring (bicyclic) bond motifs is 1. The molecule has 1 aromatic carbocycles. The molecule has 3 heterocycles. The van der Waals surface area contributed by atoms with E-state index in [9.17, 15) is 14.8 Å². The van der Waals surface area contributed by atoms with Gasteiger partial charge < -0.3 is 39.4 Å². The van der Waals surface area contributed by atoms with Crippen LogP contribution in [0.1, 0.15) is 30.3 Å². The van der Waals surface area contributed by atoms with Crippen molar-refractivity contribution >= 4 is 36.0 Å². The number of hydrogen-bond donors (Lipinski definition) is 5. The minimum Gasteiger partial charge on any atom is -0.387 e. The summed E-state index contributed by atoms with van der Waals surface area (Å²) in [5.74, 6) is 0.497. The van der Waals surface area contributed by atoms with Gasteiger partial charge >= 0.3 is 7.60 Å². The third-order valence-corrected chi connectivity index (χ3v) is 6.32. The third-order valence-electron chi connectivity index (χ3n) is 5.63. The number of nitrogens with zero attached hydrogens (tertiary/aromatic N) is 3. The van der Waals surface area contributed by atoms with E-state index >= 15 is 0 Å². The standard InChI is InChI=1S/C21H26ClN4O7P/c1-11-3-5-13(6-4-11)12(2)23-18-14-7-8-26(19(14)25-21(22)24-18)20-17(28)16(27)15(33-20)9-32-10-34(29,30)31/h3-8,12,15-17,20,27-28H,9-10H2,1-2H3,(H,23,24,25)(H2,29,30,31)/t12?,15-,16-,17-,20-/m1/s1. The highest BCUT2D eigenvalue weighted by atomic mass is 35.5. The molecule has 11 nitrogen and oxygen atoms in total. The van der Waals surface area contributed by atoms with Gasteiger partial charge in [-0.1, -0.05) is 29.8 Å². The second-order valence-electron chi connectivity index (χ2n) is 8.29. The van der Waals surface area contributed by atoms with Gasteiger partial charge in [0.05, 0.1) is 12.0 Å². The first kappa shape index (κ1) is 25.0. The van der Waals surface area contributed by atoms with E-state index in [2.05, 4.69) is 15.3 Å². The SMILES string of the molecule is Cc1ccc(C(C)Nc2nc(Cl)nc3c2ccn3[C@@H]2O[C@H](COCP(=O)(O)O)[C@@H](O)[C@H]2O)cc1. The maximum absolute atomic E-state index is 11.0. The molecule has 13 heteroatoms. The van der Waals surface area contributed by atoms with Crippen LogP contribution in [-0.4, -0.2) is 65.8 Å². The van der Waals surface area contributed by atoms with E-state index in [0.29, 0.717) is 16.9 Å². The van der Waals surface area contributed by atoms with Gasteiger partial charge in [0.25, 0.3) is 0 Å². The lowest BCUT2D eigenvalue weighted by Gasteiger charge is -2.19. The molecular formula is C21H26ClN4O7P. The van der Waals surface area contributed by atoms with Crippen molar-refractivity contribution in [2.24, 2.45) is 0 Å². The first-order chi connectivity index (χ1) is 16.0. The minimum absolute atomic E-state index is 0.0133. The van der Waals surface area contributed by atoms with E-state index in [1.807, 2.05) is 38.1 Å². The molecule has 1 aliphatic heterocycles. The van der Waals surface area contributed by atoms with Crippen LogP contribution >= 0.6 is 19.2 Å². The van der Waals surface area contributed by atoms with E-state index in [1.54, 1.807) is 12.3 Å². The quantitative estimate of drug-likeness (QED) is 0.224. The second kappa shape index (κ2) is 9.88. The molecule has 0 aliphatic carbocycles. The number of hydrogen-bond acceptors (Lipinski definition) is 8. The van der Waals surface area contributed by atoms with Crippen molar-refractivity contribution in [1.29, 1.82) is 0 Å². The van der Waals surface area contributed by atoms with Gasteiger partial charge in [-0.15, -0.1) is 0 Å². The van der Waals surface area contributed by atoms with E-state index in [0.717, 1.165) is 11.1 Å². The number of aliphatic hydroxyl groups excluding tert-OH is 2. The molecule has 4 rings (SSSR count). The lowest BCUT2D eigenvalue weighted by molar-refractivity contribution is -0.0610. The molecule has 5 N–H and O–H groups in total. The molecule has 3 aromatic rings. The summed E-state index contributed by atoms with van der Waals surface area (Å²) in [4.78, 5) is 26.5. The third kappa shape index (κ3) is 5.42. The Balaban J connectivity index is 1.56. The van der Waals surface area contributed by atoms with Crippen molar-refractivity contribution in [3.63, 3.8) is 0 Å². The molecular weight excluding hydrogens is 487 g/mol. The lowest BCUT2D eigenvalue weighted by Crippen LogP contribution is -2.33. The van der Waals surface area contributed by atoms with Crippen LogP contribution in [0.3, 0.4) is 0 Å². The average molecular weight is 513 g/mol. The lowest BCUT2D eigenvalue weighted by atomic mass is 10.1. The molecule has 34 heavy (non-hydrogen) atoms. The zero-order valence-electron chi connectivity index (χ0n) is 18.4. The van der Waals surface area contributed by atoms with Crippen molar-refractivity contribution < 1.29 is 34.0 Å². The van der Waals surface area contributed by atoms with Gasteiger partial charge in [0, 0.05) is 12.2 Å². The van der Waals surface area contributed by atoms with Crippen molar-refractivity contribution in [3.05, 3.63) is 52.9 Å². The zero-order chi connectivity index (χ0) is 24.6.